The Labute approximate surface area is 169 Å². The molecule has 172 valence electrons. The molecule has 12 heteroatoms. The van der Waals surface area contributed by atoms with Crippen LogP contribution >= 0.6 is 0 Å². The highest BCUT2D eigenvalue weighted by Crippen LogP contribution is 2.53. The Morgan fingerprint density at radius 2 is 1.29 bits per heavy atom. The number of nitrogens with zero attached hydrogens (tertiary/aromatic N) is 1. The van der Waals surface area contributed by atoms with Crippen LogP contribution in [0.3, 0.4) is 0 Å². The van der Waals surface area contributed by atoms with Gasteiger partial charge in [0.1, 0.15) is 5.75 Å². The Hall–Kier alpha value is -2.50. The molecular weight excluding hydrogens is 448 g/mol. The first kappa shape index (κ1) is 24.8. The first-order chi connectivity index (χ1) is 14.1. The Bertz CT molecular complexity index is 842. The van der Waals surface area contributed by atoms with Gasteiger partial charge in [-0.25, -0.2) is 4.39 Å². The Morgan fingerprint density at radius 3 is 1.81 bits per heavy atom. The zero-order chi connectivity index (χ0) is 23.5. The van der Waals surface area contributed by atoms with Crippen LogP contribution < -0.4 is 4.74 Å². The fourth-order valence-electron chi connectivity index (χ4n) is 2.64. The van der Waals surface area contributed by atoms with E-state index in [1.807, 2.05) is 0 Å². The number of halogens is 10. The first-order valence-corrected chi connectivity index (χ1v) is 8.53. The third kappa shape index (κ3) is 6.25. The molecule has 0 saturated heterocycles. The molecule has 0 atom stereocenters. The predicted molar refractivity (Wildman–Crippen MR) is 90.1 cm³/mol. The van der Waals surface area contributed by atoms with Gasteiger partial charge >= 0.3 is 24.4 Å². The molecule has 2 aromatic rings. The summed E-state index contributed by atoms with van der Waals surface area (Å²) in [5.41, 5.74) is -6.40. The number of alkyl halides is 10. The molecule has 0 heterocycles. The molecule has 0 aliphatic carbocycles. The van der Waals surface area contributed by atoms with Gasteiger partial charge in [0, 0.05) is 5.56 Å². The minimum Gasteiger partial charge on any atom is -0.658 e. The summed E-state index contributed by atoms with van der Waals surface area (Å²) < 4.78 is 131. The molecule has 0 aliphatic rings. The smallest absolute Gasteiger partial charge is 0.573 e. The van der Waals surface area contributed by atoms with Crippen molar-refractivity contribution >= 4 is 0 Å². The van der Waals surface area contributed by atoms with E-state index < -0.39 is 35.7 Å². The third-order valence-corrected chi connectivity index (χ3v) is 4.12. The summed E-state index contributed by atoms with van der Waals surface area (Å²) in [5, 5.41) is 4.03. The molecule has 2 nitrogen and oxygen atoms in total. The van der Waals surface area contributed by atoms with Gasteiger partial charge in [-0.3, -0.25) is 0 Å². The normalized spacial score (nSPS) is 13.4. The van der Waals surface area contributed by atoms with Crippen LogP contribution in [0.1, 0.15) is 16.7 Å². The number of ether oxygens (including phenoxy) is 1. The number of benzene rings is 2. The van der Waals surface area contributed by atoms with E-state index in [0.717, 1.165) is 24.3 Å². The van der Waals surface area contributed by atoms with E-state index in [1.54, 1.807) is 0 Å². The summed E-state index contributed by atoms with van der Waals surface area (Å²) in [6.45, 7) is 0.00567. The highest BCUT2D eigenvalue weighted by atomic mass is 19.4. The van der Waals surface area contributed by atoms with Gasteiger partial charge < -0.3 is 10.1 Å². The van der Waals surface area contributed by atoms with Crippen molar-refractivity contribution in [2.75, 3.05) is 6.54 Å². The molecule has 0 saturated carbocycles. The SMILES string of the molecule is FC(F)(F)Oc1cccc(CC[N-]Cc2ccc(C(F)(C(F)(F)F)C(F)(F)F)cc2)c1. The average Bonchev–Trinajstić information content (AvgIpc) is 2.62. The van der Waals surface area contributed by atoms with Crippen LogP contribution in [0.2, 0.25) is 0 Å². The van der Waals surface area contributed by atoms with E-state index in [4.69, 9.17) is 0 Å². The largest absolute Gasteiger partial charge is 0.658 e. The van der Waals surface area contributed by atoms with Gasteiger partial charge in [-0.2, -0.15) is 26.3 Å². The van der Waals surface area contributed by atoms with Gasteiger partial charge in [0.25, 0.3) is 0 Å². The lowest BCUT2D eigenvalue weighted by molar-refractivity contribution is -0.348. The minimum absolute atomic E-state index is 0.101. The van der Waals surface area contributed by atoms with E-state index >= 15 is 0 Å². The standard InChI is InChI=1S/C19H14F10NO/c20-16(17(21,22)23,18(24,25)26)14-6-4-13(5-7-14)11-30-9-8-12-2-1-3-15(10-12)31-19(27,28)29/h1-7,10H,8-9,11H2/q-1. The lowest BCUT2D eigenvalue weighted by Crippen LogP contribution is -2.50. The zero-order valence-corrected chi connectivity index (χ0v) is 15.4. The van der Waals surface area contributed by atoms with E-state index in [-0.39, 0.29) is 25.1 Å². The Balaban J connectivity index is 1.96. The summed E-state index contributed by atoms with van der Waals surface area (Å²) in [7, 11) is 0. The summed E-state index contributed by atoms with van der Waals surface area (Å²) in [4.78, 5) is 0. The van der Waals surface area contributed by atoms with Crippen molar-refractivity contribution < 1.29 is 48.6 Å². The number of rotatable bonds is 7. The van der Waals surface area contributed by atoms with Gasteiger partial charge in [0.15, 0.2) is 0 Å². The van der Waals surface area contributed by atoms with E-state index in [9.17, 15) is 43.9 Å². The summed E-state index contributed by atoms with van der Waals surface area (Å²) in [6.07, 6.45) is -17.0. The van der Waals surface area contributed by atoms with Crippen molar-refractivity contribution in [1.82, 2.24) is 0 Å². The van der Waals surface area contributed by atoms with Crippen molar-refractivity contribution in [1.29, 1.82) is 0 Å². The Kier molecular flexibility index (Phi) is 7.14. The molecule has 0 aliphatic heterocycles. The molecular formula is C19H14F10NO-. The molecule has 0 radical (unpaired) electrons. The van der Waals surface area contributed by atoms with Gasteiger partial charge in [-0.05, 0) is 24.1 Å². The highest BCUT2D eigenvalue weighted by Gasteiger charge is 2.73. The molecule has 0 fully saturated rings. The van der Waals surface area contributed by atoms with Gasteiger partial charge in [-0.15, -0.1) is 26.3 Å². The van der Waals surface area contributed by atoms with Crippen molar-refractivity contribution in [3.63, 3.8) is 0 Å². The lowest BCUT2D eigenvalue weighted by atomic mass is 9.93. The minimum atomic E-state index is -6.19. The lowest BCUT2D eigenvalue weighted by Gasteiger charge is -2.30. The quantitative estimate of drug-likeness (QED) is 0.321. The fourth-order valence-corrected chi connectivity index (χ4v) is 2.64. The molecule has 2 rings (SSSR count). The summed E-state index contributed by atoms with van der Waals surface area (Å²) in [5.74, 6) is -0.412. The zero-order valence-electron chi connectivity index (χ0n) is 15.4. The maximum absolute atomic E-state index is 13.9. The molecule has 2 aromatic carbocycles. The maximum Gasteiger partial charge on any atom is 0.573 e. The number of hydrogen-bond acceptors (Lipinski definition) is 1. The van der Waals surface area contributed by atoms with Gasteiger partial charge in [0.2, 0.25) is 0 Å². The monoisotopic (exact) mass is 462 g/mol. The van der Waals surface area contributed by atoms with Crippen LogP contribution in [-0.4, -0.2) is 25.3 Å². The number of hydrogen-bond donors (Lipinski definition) is 0. The van der Waals surface area contributed by atoms with Crippen LogP contribution in [0.5, 0.6) is 5.75 Å². The molecule has 0 amide bonds. The van der Waals surface area contributed by atoms with Gasteiger partial charge in [0.05, 0.1) is 0 Å². The van der Waals surface area contributed by atoms with Crippen LogP contribution in [0.15, 0.2) is 48.5 Å². The van der Waals surface area contributed by atoms with Crippen LogP contribution in [0.4, 0.5) is 43.9 Å². The Morgan fingerprint density at radius 1 is 0.710 bits per heavy atom. The maximum atomic E-state index is 13.9. The summed E-state index contributed by atoms with van der Waals surface area (Å²) >= 11 is 0. The van der Waals surface area contributed by atoms with Crippen molar-refractivity contribution in [2.45, 2.75) is 37.3 Å². The van der Waals surface area contributed by atoms with Crippen LogP contribution in [-0.2, 0) is 18.6 Å². The molecule has 0 bridgehead atoms. The third-order valence-electron chi connectivity index (χ3n) is 4.12. The molecule has 0 N–H and O–H groups in total. The van der Waals surface area contributed by atoms with Crippen LogP contribution in [0, 0.1) is 0 Å². The van der Waals surface area contributed by atoms with Gasteiger partial charge in [-0.1, -0.05) is 42.0 Å². The first-order valence-electron chi connectivity index (χ1n) is 8.53. The average molecular weight is 462 g/mol. The summed E-state index contributed by atoms with van der Waals surface area (Å²) in [6, 6.07) is 7.72. The second kappa shape index (κ2) is 8.93. The molecule has 31 heavy (non-hydrogen) atoms. The van der Waals surface area contributed by atoms with Crippen molar-refractivity contribution in [3.05, 3.63) is 70.5 Å². The van der Waals surface area contributed by atoms with E-state index in [2.05, 4.69) is 10.1 Å². The highest BCUT2D eigenvalue weighted by molar-refractivity contribution is 5.32. The molecule has 0 unspecified atom stereocenters. The van der Waals surface area contributed by atoms with E-state index in [1.165, 1.54) is 12.1 Å². The second-order valence-corrected chi connectivity index (χ2v) is 6.40. The van der Waals surface area contributed by atoms with Crippen LogP contribution in [0.25, 0.3) is 5.32 Å². The van der Waals surface area contributed by atoms with Crippen molar-refractivity contribution in [2.24, 2.45) is 0 Å². The topological polar surface area (TPSA) is 23.3 Å². The van der Waals surface area contributed by atoms with Crippen molar-refractivity contribution in [3.8, 4) is 5.75 Å². The predicted octanol–water partition coefficient (Wildman–Crippen LogP) is 6.99. The molecule has 0 spiro atoms. The second-order valence-electron chi connectivity index (χ2n) is 6.40. The fraction of sp³-hybridized carbons (Fsp3) is 0.368. The van der Waals surface area contributed by atoms with E-state index in [0.29, 0.717) is 17.7 Å². The molecule has 0 aromatic heterocycles.